The number of nitrogens with one attached hydrogen (secondary N) is 2. The number of halogens is 3. The topological polar surface area (TPSA) is 122 Å². The molecule has 1 spiro atoms. The number of carbonyl (C=O) groups excluding carboxylic acids is 2. The number of piperidine rings is 1. The van der Waals surface area contributed by atoms with Crippen molar-refractivity contribution in [3.05, 3.63) is 35.5 Å². The highest BCUT2D eigenvalue weighted by molar-refractivity contribution is 5.91. The summed E-state index contributed by atoms with van der Waals surface area (Å²) in [6, 6.07) is 2.16. The van der Waals surface area contributed by atoms with Gasteiger partial charge in [-0.3, -0.25) is 4.79 Å². The van der Waals surface area contributed by atoms with E-state index in [0.29, 0.717) is 25.9 Å². The van der Waals surface area contributed by atoms with Gasteiger partial charge in [-0.1, -0.05) is 5.16 Å². The van der Waals surface area contributed by atoms with Crippen molar-refractivity contribution in [3.63, 3.8) is 0 Å². The van der Waals surface area contributed by atoms with Gasteiger partial charge in [0.25, 0.3) is 5.91 Å². The van der Waals surface area contributed by atoms with Crippen LogP contribution >= 0.6 is 0 Å². The van der Waals surface area contributed by atoms with Crippen molar-refractivity contribution in [1.29, 1.82) is 0 Å². The Hall–Kier alpha value is -3.38. The predicted molar refractivity (Wildman–Crippen MR) is 103 cm³/mol. The fourth-order valence-corrected chi connectivity index (χ4v) is 3.85. The molecule has 2 amide bonds. The fraction of sp³-hybridized carbons (Fsp3) is 0.526. The second-order valence-corrected chi connectivity index (χ2v) is 7.82. The summed E-state index contributed by atoms with van der Waals surface area (Å²) in [7, 11) is 1.46. The average Bonchev–Trinajstić information content (AvgIpc) is 3.20. The van der Waals surface area contributed by atoms with Crippen LogP contribution in [0, 0.1) is 5.41 Å². The van der Waals surface area contributed by atoms with Gasteiger partial charge in [-0.15, -0.1) is 0 Å². The van der Waals surface area contributed by atoms with Crippen LogP contribution in [0.3, 0.4) is 0 Å². The number of aromatic nitrogens is 3. The molecule has 0 bridgehead atoms. The molecule has 2 fully saturated rings. The molecule has 2 N–H and O–H groups in total. The smallest absolute Gasteiger partial charge is 0.433 e. The minimum absolute atomic E-state index is 0.0578. The molecule has 2 aromatic heterocycles. The monoisotopic (exact) mass is 454 g/mol. The highest BCUT2D eigenvalue weighted by atomic mass is 19.4. The Balaban J connectivity index is 1.24. The minimum atomic E-state index is -4.52. The number of hydrogen-bond acceptors (Lipinski definition) is 8. The van der Waals surface area contributed by atoms with E-state index >= 15 is 0 Å². The number of amides is 2. The molecule has 1 aliphatic heterocycles. The molecule has 32 heavy (non-hydrogen) atoms. The summed E-state index contributed by atoms with van der Waals surface area (Å²) >= 11 is 0. The maximum atomic E-state index is 12.9. The van der Waals surface area contributed by atoms with Crippen LogP contribution < -0.4 is 15.5 Å². The molecular formula is C19H21F3N6O4. The van der Waals surface area contributed by atoms with E-state index in [1.165, 1.54) is 13.1 Å². The summed E-state index contributed by atoms with van der Waals surface area (Å²) in [5.74, 6) is -0.118. The third-order valence-corrected chi connectivity index (χ3v) is 5.82. The molecule has 4 rings (SSSR count). The Morgan fingerprint density at radius 3 is 2.78 bits per heavy atom. The van der Waals surface area contributed by atoms with Crippen LogP contribution in [0.1, 0.15) is 41.2 Å². The maximum Gasteiger partial charge on any atom is 0.433 e. The van der Waals surface area contributed by atoms with E-state index in [-0.39, 0.29) is 35.5 Å². The molecular weight excluding hydrogens is 433 g/mol. The van der Waals surface area contributed by atoms with Crippen molar-refractivity contribution in [3.8, 4) is 0 Å². The lowest BCUT2D eigenvalue weighted by molar-refractivity contribution is -0.141. The van der Waals surface area contributed by atoms with Gasteiger partial charge < -0.3 is 24.8 Å². The van der Waals surface area contributed by atoms with Crippen molar-refractivity contribution in [2.75, 3.05) is 25.0 Å². The van der Waals surface area contributed by atoms with E-state index in [9.17, 15) is 22.8 Å². The molecule has 2 aliphatic rings. The quantitative estimate of drug-likeness (QED) is 0.705. The summed E-state index contributed by atoms with van der Waals surface area (Å²) in [5.41, 5.74) is -0.981. The van der Waals surface area contributed by atoms with Gasteiger partial charge in [0.1, 0.15) is 5.69 Å². The first kappa shape index (κ1) is 21.8. The van der Waals surface area contributed by atoms with Crippen molar-refractivity contribution in [1.82, 2.24) is 25.8 Å². The van der Waals surface area contributed by atoms with E-state index in [1.54, 1.807) is 4.90 Å². The zero-order valence-corrected chi connectivity index (χ0v) is 17.1. The molecule has 13 heteroatoms. The molecule has 10 nitrogen and oxygen atoms in total. The number of anilines is 1. The number of hydrogen-bond donors (Lipinski definition) is 2. The van der Waals surface area contributed by atoms with Crippen LogP contribution in [0.15, 0.2) is 22.9 Å². The Bertz CT molecular complexity index is 1000. The Labute approximate surface area is 180 Å². The van der Waals surface area contributed by atoms with Gasteiger partial charge in [0.15, 0.2) is 18.1 Å². The van der Waals surface area contributed by atoms with E-state index in [0.717, 1.165) is 18.7 Å². The number of carbonyl (C=O) groups is 2. The van der Waals surface area contributed by atoms with Gasteiger partial charge in [0, 0.05) is 38.4 Å². The SMILES string of the molecule is CNC(=O)c1cc(COC(=O)NC2CC23CCN(c2nccc(C(F)(F)F)n2)CC3)on1. The first-order valence-electron chi connectivity index (χ1n) is 9.96. The van der Waals surface area contributed by atoms with Gasteiger partial charge in [-0.05, 0) is 30.7 Å². The Morgan fingerprint density at radius 1 is 1.34 bits per heavy atom. The third kappa shape index (κ3) is 4.60. The first-order chi connectivity index (χ1) is 15.2. The molecule has 1 aliphatic carbocycles. The Kier molecular flexibility index (Phi) is 5.65. The van der Waals surface area contributed by atoms with Crippen LogP contribution in [0.5, 0.6) is 0 Å². The van der Waals surface area contributed by atoms with Crippen LogP contribution in [0.4, 0.5) is 23.9 Å². The van der Waals surface area contributed by atoms with Gasteiger partial charge >= 0.3 is 12.3 Å². The van der Waals surface area contributed by atoms with E-state index < -0.39 is 23.9 Å². The second kappa shape index (κ2) is 8.28. The van der Waals surface area contributed by atoms with Crippen LogP contribution in [0.2, 0.25) is 0 Å². The van der Waals surface area contributed by atoms with E-state index in [1.807, 2.05) is 0 Å². The minimum Gasteiger partial charge on any atom is -0.441 e. The molecule has 1 atom stereocenters. The van der Waals surface area contributed by atoms with Gasteiger partial charge in [0.05, 0.1) is 0 Å². The summed E-state index contributed by atoms with van der Waals surface area (Å²) < 4.78 is 48.7. The normalized spacial score (nSPS) is 19.5. The van der Waals surface area contributed by atoms with Gasteiger partial charge in [-0.25, -0.2) is 14.8 Å². The molecule has 0 aromatic carbocycles. The van der Waals surface area contributed by atoms with E-state index in [2.05, 4.69) is 25.8 Å². The molecule has 1 saturated heterocycles. The van der Waals surface area contributed by atoms with Crippen molar-refractivity contribution < 1.29 is 32.0 Å². The summed E-state index contributed by atoms with van der Waals surface area (Å²) in [6.45, 7) is 0.819. The number of alkyl halides is 3. The van der Waals surface area contributed by atoms with Crippen LogP contribution in [-0.4, -0.2) is 53.3 Å². The Morgan fingerprint density at radius 2 is 2.09 bits per heavy atom. The standard InChI is InChI=1S/C19H21F3N6O4/c1-23-15(29)12-8-11(32-27-12)10-31-17(30)26-14-9-18(14)3-6-28(7-4-18)16-24-5-2-13(25-16)19(20,21)22/h2,5,8,14H,3-4,6-7,9-10H2,1H3,(H,23,29)(H,26,30). The molecule has 0 radical (unpaired) electrons. The fourth-order valence-electron chi connectivity index (χ4n) is 3.85. The number of rotatable bonds is 5. The van der Waals surface area contributed by atoms with Gasteiger partial charge in [-0.2, -0.15) is 13.2 Å². The largest absolute Gasteiger partial charge is 0.441 e. The lowest BCUT2D eigenvalue weighted by Crippen LogP contribution is -2.39. The zero-order chi connectivity index (χ0) is 22.9. The highest BCUT2D eigenvalue weighted by Crippen LogP contribution is 2.54. The van der Waals surface area contributed by atoms with Crippen LogP contribution in [0.25, 0.3) is 0 Å². The van der Waals surface area contributed by atoms with Crippen molar-refractivity contribution in [2.24, 2.45) is 5.41 Å². The third-order valence-electron chi connectivity index (χ3n) is 5.82. The molecule has 2 aromatic rings. The molecule has 1 unspecified atom stereocenters. The number of alkyl carbamates (subject to hydrolysis) is 1. The molecule has 3 heterocycles. The number of ether oxygens (including phenoxy) is 1. The molecule has 172 valence electrons. The lowest BCUT2D eigenvalue weighted by Gasteiger charge is -2.33. The predicted octanol–water partition coefficient (Wildman–Crippen LogP) is 2.13. The van der Waals surface area contributed by atoms with Gasteiger partial charge in [0.2, 0.25) is 5.95 Å². The summed E-state index contributed by atoms with van der Waals surface area (Å²) in [5, 5.41) is 8.80. The van der Waals surface area contributed by atoms with E-state index in [4.69, 9.17) is 9.26 Å². The number of nitrogens with zero attached hydrogens (tertiary/aromatic N) is 4. The maximum absolute atomic E-state index is 12.9. The lowest BCUT2D eigenvalue weighted by atomic mass is 9.93. The zero-order valence-electron chi connectivity index (χ0n) is 17.1. The second-order valence-electron chi connectivity index (χ2n) is 7.82. The molecule has 1 saturated carbocycles. The van der Waals surface area contributed by atoms with Crippen LogP contribution in [-0.2, 0) is 17.5 Å². The average molecular weight is 454 g/mol. The summed E-state index contributed by atoms with van der Waals surface area (Å²) in [6.07, 6.45) is -1.88. The first-order valence-corrected chi connectivity index (χ1v) is 9.96. The summed E-state index contributed by atoms with van der Waals surface area (Å²) in [4.78, 5) is 32.9. The van der Waals surface area contributed by atoms with Crippen molar-refractivity contribution in [2.45, 2.75) is 38.1 Å². The van der Waals surface area contributed by atoms with Crippen molar-refractivity contribution >= 4 is 17.9 Å². The highest BCUT2D eigenvalue weighted by Gasteiger charge is 2.56.